The molecule has 6 heteroatoms. The van der Waals surface area contributed by atoms with E-state index in [2.05, 4.69) is 10.8 Å². The molecule has 2 aromatic carbocycles. The lowest BCUT2D eigenvalue weighted by molar-refractivity contribution is 0.0599. The second-order valence-electron chi connectivity index (χ2n) is 6.03. The zero-order chi connectivity index (χ0) is 20.1. The molecule has 3 rings (SSSR count). The number of aromatic nitrogens is 1. The predicted octanol–water partition coefficient (Wildman–Crippen LogP) is 3.09. The molecular weight excluding hydrogens is 354 g/mol. The highest BCUT2D eigenvalue weighted by atomic mass is 16.5. The topological polar surface area (TPSA) is 95.9 Å². The van der Waals surface area contributed by atoms with Gasteiger partial charge in [0, 0.05) is 6.20 Å². The van der Waals surface area contributed by atoms with Gasteiger partial charge < -0.3 is 9.30 Å². The molecule has 0 atom stereocenters. The van der Waals surface area contributed by atoms with Gasteiger partial charge in [-0.1, -0.05) is 42.5 Å². The zero-order valence-electron chi connectivity index (χ0n) is 15.0. The Balaban J connectivity index is 1.95. The summed E-state index contributed by atoms with van der Waals surface area (Å²) in [7, 11) is 1.24. The minimum absolute atomic E-state index is 0.123. The van der Waals surface area contributed by atoms with Crippen LogP contribution < -0.4 is 5.56 Å². The number of pyridine rings is 1. The Morgan fingerprint density at radius 2 is 1.71 bits per heavy atom. The van der Waals surface area contributed by atoms with Crippen molar-refractivity contribution in [3.8, 4) is 23.3 Å². The maximum Gasteiger partial charge on any atom is 0.339 e. The van der Waals surface area contributed by atoms with E-state index in [1.54, 1.807) is 6.07 Å². The van der Waals surface area contributed by atoms with Crippen molar-refractivity contribution in [2.75, 3.05) is 7.11 Å². The highest BCUT2D eigenvalue weighted by molar-refractivity contribution is 5.89. The van der Waals surface area contributed by atoms with Crippen LogP contribution in [0.4, 0.5) is 0 Å². The largest absolute Gasteiger partial charge is 0.465 e. The van der Waals surface area contributed by atoms with Crippen molar-refractivity contribution in [1.29, 1.82) is 10.5 Å². The first-order valence-electron chi connectivity index (χ1n) is 8.38. The second kappa shape index (κ2) is 8.03. The SMILES string of the molecule is COC(=O)c1cc(C#N)c(=O)n(Cc2ccc(-c3ccccc3C#N)cc2)c1. The molecule has 0 aliphatic carbocycles. The first-order valence-corrected chi connectivity index (χ1v) is 8.38. The van der Waals surface area contributed by atoms with Crippen LogP contribution >= 0.6 is 0 Å². The number of hydrogen-bond donors (Lipinski definition) is 0. The Hall–Kier alpha value is -4.16. The fourth-order valence-electron chi connectivity index (χ4n) is 2.88. The summed E-state index contributed by atoms with van der Waals surface area (Å²) in [5, 5.41) is 18.4. The van der Waals surface area contributed by atoms with Crippen LogP contribution in [0.25, 0.3) is 11.1 Å². The molecule has 0 amide bonds. The van der Waals surface area contributed by atoms with E-state index in [1.807, 2.05) is 48.5 Å². The third-order valence-corrected chi connectivity index (χ3v) is 4.29. The minimum Gasteiger partial charge on any atom is -0.465 e. The molecule has 1 heterocycles. The third-order valence-electron chi connectivity index (χ3n) is 4.29. The van der Waals surface area contributed by atoms with Crippen LogP contribution in [0.3, 0.4) is 0 Å². The van der Waals surface area contributed by atoms with Crippen LogP contribution in [-0.2, 0) is 11.3 Å². The van der Waals surface area contributed by atoms with Gasteiger partial charge in [-0.25, -0.2) is 4.79 Å². The first kappa shape index (κ1) is 18.6. The van der Waals surface area contributed by atoms with Crippen LogP contribution in [0.1, 0.15) is 27.0 Å². The summed E-state index contributed by atoms with van der Waals surface area (Å²) in [5.74, 6) is -0.617. The molecule has 0 N–H and O–H groups in total. The number of ether oxygens (including phenoxy) is 1. The van der Waals surface area contributed by atoms with Gasteiger partial charge in [-0.3, -0.25) is 4.79 Å². The molecule has 0 saturated carbocycles. The fraction of sp³-hybridized carbons (Fsp3) is 0.0909. The summed E-state index contributed by atoms with van der Waals surface area (Å²) in [6, 6.07) is 19.9. The van der Waals surface area contributed by atoms with E-state index >= 15 is 0 Å². The Labute approximate surface area is 161 Å². The second-order valence-corrected chi connectivity index (χ2v) is 6.03. The summed E-state index contributed by atoms with van der Waals surface area (Å²) in [5.41, 5.74) is 2.64. The predicted molar refractivity (Wildman–Crippen MR) is 102 cm³/mol. The number of esters is 1. The van der Waals surface area contributed by atoms with Gasteiger partial charge in [0.2, 0.25) is 0 Å². The standard InChI is InChI=1S/C22H15N3O3/c1-28-22(27)19-10-18(12-24)21(26)25(14-19)13-15-6-8-16(9-7-15)20-5-3-2-4-17(20)11-23/h2-10,14H,13H2,1H3. The lowest BCUT2D eigenvalue weighted by Gasteiger charge is -2.10. The number of rotatable bonds is 4. The summed E-state index contributed by atoms with van der Waals surface area (Å²) in [4.78, 5) is 24.2. The fourth-order valence-corrected chi connectivity index (χ4v) is 2.88. The van der Waals surface area contributed by atoms with Crippen molar-refractivity contribution in [3.05, 3.63) is 93.4 Å². The number of nitrogens with zero attached hydrogens (tertiary/aromatic N) is 3. The summed E-state index contributed by atoms with van der Waals surface area (Å²) < 4.78 is 5.99. The lowest BCUT2D eigenvalue weighted by Crippen LogP contribution is -2.24. The van der Waals surface area contributed by atoms with Crippen molar-refractivity contribution in [1.82, 2.24) is 4.57 Å². The van der Waals surface area contributed by atoms with Gasteiger partial charge in [-0.05, 0) is 28.8 Å². The average Bonchev–Trinajstić information content (AvgIpc) is 2.75. The van der Waals surface area contributed by atoms with Crippen LogP contribution in [0.2, 0.25) is 0 Å². The number of carbonyl (C=O) groups excluding carboxylic acids is 1. The molecule has 0 saturated heterocycles. The number of carbonyl (C=O) groups is 1. The van der Waals surface area contributed by atoms with Crippen LogP contribution in [0, 0.1) is 22.7 Å². The molecule has 0 unspecified atom stereocenters. The summed E-state index contributed by atoms with van der Waals surface area (Å²) in [6.45, 7) is 0.193. The number of benzene rings is 2. The van der Waals surface area contributed by atoms with Crippen molar-refractivity contribution >= 4 is 5.97 Å². The van der Waals surface area contributed by atoms with Gasteiger partial charge in [0.1, 0.15) is 11.6 Å². The Morgan fingerprint density at radius 1 is 1.04 bits per heavy atom. The first-order chi connectivity index (χ1) is 13.6. The molecule has 0 spiro atoms. The smallest absolute Gasteiger partial charge is 0.339 e. The van der Waals surface area contributed by atoms with Crippen molar-refractivity contribution < 1.29 is 9.53 Å². The van der Waals surface area contributed by atoms with Crippen LogP contribution in [0.15, 0.2) is 65.6 Å². The maximum absolute atomic E-state index is 12.4. The lowest BCUT2D eigenvalue weighted by atomic mass is 9.99. The van der Waals surface area contributed by atoms with Crippen molar-refractivity contribution in [2.24, 2.45) is 0 Å². The van der Waals surface area contributed by atoms with Gasteiger partial charge in [0.15, 0.2) is 0 Å². The monoisotopic (exact) mass is 369 g/mol. The summed E-state index contributed by atoms with van der Waals surface area (Å²) in [6.07, 6.45) is 1.38. The number of hydrogen-bond acceptors (Lipinski definition) is 5. The zero-order valence-corrected chi connectivity index (χ0v) is 15.0. The average molecular weight is 369 g/mol. The minimum atomic E-state index is -0.617. The number of methoxy groups -OCH3 is 1. The van der Waals surface area contributed by atoms with Gasteiger partial charge in [0.05, 0.1) is 30.9 Å². The molecule has 136 valence electrons. The van der Waals surface area contributed by atoms with Gasteiger partial charge in [0.25, 0.3) is 5.56 Å². The van der Waals surface area contributed by atoms with E-state index in [9.17, 15) is 14.9 Å². The molecule has 0 aliphatic rings. The Kier molecular flexibility index (Phi) is 5.34. The normalized spacial score (nSPS) is 9.96. The molecule has 1 aromatic heterocycles. The Bertz CT molecular complexity index is 1180. The van der Waals surface area contributed by atoms with Crippen LogP contribution in [-0.4, -0.2) is 17.6 Å². The molecule has 0 aliphatic heterocycles. The third kappa shape index (κ3) is 3.67. The number of nitriles is 2. The van der Waals surface area contributed by atoms with E-state index in [0.29, 0.717) is 5.56 Å². The van der Waals surface area contributed by atoms with Crippen molar-refractivity contribution in [3.63, 3.8) is 0 Å². The van der Waals surface area contributed by atoms with E-state index in [1.165, 1.54) is 23.9 Å². The molecular formula is C22H15N3O3. The van der Waals surface area contributed by atoms with Gasteiger partial charge in [-0.15, -0.1) is 0 Å². The molecule has 0 fully saturated rings. The van der Waals surface area contributed by atoms with E-state index < -0.39 is 11.5 Å². The van der Waals surface area contributed by atoms with Crippen molar-refractivity contribution in [2.45, 2.75) is 6.54 Å². The molecule has 0 radical (unpaired) electrons. The quantitative estimate of drug-likeness (QED) is 0.659. The Morgan fingerprint density at radius 3 is 2.36 bits per heavy atom. The molecule has 6 nitrogen and oxygen atoms in total. The molecule has 3 aromatic rings. The highest BCUT2D eigenvalue weighted by Gasteiger charge is 2.13. The van der Waals surface area contributed by atoms with E-state index in [-0.39, 0.29) is 17.7 Å². The summed E-state index contributed by atoms with van der Waals surface area (Å²) >= 11 is 0. The van der Waals surface area contributed by atoms with Crippen LogP contribution in [0.5, 0.6) is 0 Å². The maximum atomic E-state index is 12.4. The van der Waals surface area contributed by atoms with Gasteiger partial charge in [-0.2, -0.15) is 10.5 Å². The highest BCUT2D eigenvalue weighted by Crippen LogP contribution is 2.23. The van der Waals surface area contributed by atoms with E-state index in [4.69, 9.17) is 5.26 Å². The van der Waals surface area contributed by atoms with E-state index in [0.717, 1.165) is 16.7 Å². The van der Waals surface area contributed by atoms with Gasteiger partial charge >= 0.3 is 5.97 Å². The molecule has 28 heavy (non-hydrogen) atoms. The molecule has 0 bridgehead atoms.